The molecule has 0 aliphatic carbocycles. The highest BCUT2D eigenvalue weighted by Gasteiger charge is 2.19. The Morgan fingerprint density at radius 2 is 1.91 bits per heavy atom. The second-order valence-corrected chi connectivity index (χ2v) is 5.60. The van der Waals surface area contributed by atoms with Crippen LogP contribution < -0.4 is 10.1 Å². The summed E-state index contributed by atoms with van der Waals surface area (Å²) in [7, 11) is 3.93. The van der Waals surface area contributed by atoms with Crippen LogP contribution >= 0.6 is 0 Å². The Labute approximate surface area is 137 Å². The van der Waals surface area contributed by atoms with Crippen LogP contribution in [0.5, 0.6) is 5.75 Å². The van der Waals surface area contributed by atoms with Crippen molar-refractivity contribution in [2.75, 3.05) is 27.2 Å². The lowest BCUT2D eigenvalue weighted by molar-refractivity contribution is 0.0939. The van der Waals surface area contributed by atoms with E-state index in [0.717, 1.165) is 17.3 Å². The molecule has 2 rings (SSSR count). The zero-order valence-electron chi connectivity index (χ0n) is 14.1. The summed E-state index contributed by atoms with van der Waals surface area (Å²) < 4.78 is 11.1. The molecule has 0 saturated carbocycles. The molecule has 2 aromatic rings. The second-order valence-electron chi connectivity index (χ2n) is 5.60. The average Bonchev–Trinajstić information content (AvgIpc) is 2.94. The average molecular weight is 316 g/mol. The van der Waals surface area contributed by atoms with Crippen molar-refractivity contribution in [3.05, 3.63) is 53.5 Å². The molecule has 1 N–H and O–H groups in total. The van der Waals surface area contributed by atoms with Crippen LogP contribution in [0.2, 0.25) is 0 Å². The van der Waals surface area contributed by atoms with Crippen molar-refractivity contribution in [1.82, 2.24) is 10.2 Å². The highest BCUT2D eigenvalue weighted by molar-refractivity contribution is 5.94. The fourth-order valence-electron chi connectivity index (χ4n) is 2.33. The van der Waals surface area contributed by atoms with Crippen LogP contribution in [0.1, 0.15) is 34.8 Å². The van der Waals surface area contributed by atoms with Gasteiger partial charge in [0.05, 0.1) is 12.6 Å². The summed E-state index contributed by atoms with van der Waals surface area (Å²) in [5.41, 5.74) is 0.613. The number of hydrogen-bond acceptors (Lipinski definition) is 4. The summed E-state index contributed by atoms with van der Waals surface area (Å²) >= 11 is 0. The van der Waals surface area contributed by atoms with Crippen LogP contribution in [-0.4, -0.2) is 38.1 Å². The zero-order valence-corrected chi connectivity index (χ0v) is 14.1. The van der Waals surface area contributed by atoms with Crippen LogP contribution in [0.4, 0.5) is 0 Å². The largest absolute Gasteiger partial charge is 0.494 e. The zero-order chi connectivity index (χ0) is 16.8. The third kappa shape index (κ3) is 4.60. The van der Waals surface area contributed by atoms with Gasteiger partial charge in [0.2, 0.25) is 0 Å². The van der Waals surface area contributed by atoms with Gasteiger partial charge < -0.3 is 14.5 Å². The molecule has 0 aliphatic rings. The number of amides is 1. The smallest absolute Gasteiger partial charge is 0.251 e. The van der Waals surface area contributed by atoms with Crippen molar-refractivity contribution in [2.24, 2.45) is 0 Å². The van der Waals surface area contributed by atoms with E-state index in [4.69, 9.17) is 9.15 Å². The molecule has 1 amide bonds. The van der Waals surface area contributed by atoms with Crippen molar-refractivity contribution >= 4 is 5.91 Å². The van der Waals surface area contributed by atoms with E-state index < -0.39 is 0 Å². The molecule has 0 bridgehead atoms. The van der Waals surface area contributed by atoms with Crippen molar-refractivity contribution in [3.63, 3.8) is 0 Å². The van der Waals surface area contributed by atoms with Crippen LogP contribution in [0.3, 0.4) is 0 Å². The van der Waals surface area contributed by atoms with Crippen LogP contribution in [0, 0.1) is 6.92 Å². The van der Waals surface area contributed by atoms with E-state index in [1.807, 2.05) is 45.0 Å². The lowest BCUT2D eigenvalue weighted by Crippen LogP contribution is -2.34. The van der Waals surface area contributed by atoms with Crippen LogP contribution in [0.15, 0.2) is 40.8 Å². The minimum absolute atomic E-state index is 0.00431. The monoisotopic (exact) mass is 316 g/mol. The summed E-state index contributed by atoms with van der Waals surface area (Å²) in [6, 6.07) is 11.0. The van der Waals surface area contributed by atoms with Gasteiger partial charge in [-0.15, -0.1) is 0 Å². The maximum absolute atomic E-state index is 12.3. The molecule has 5 heteroatoms. The third-order valence-corrected chi connectivity index (χ3v) is 3.60. The molecule has 0 aliphatic heterocycles. The summed E-state index contributed by atoms with van der Waals surface area (Å²) in [4.78, 5) is 14.3. The molecule has 1 aromatic heterocycles. The number of aryl methyl sites for hydroxylation is 1. The minimum atomic E-state index is -0.108. The number of rotatable bonds is 7. The van der Waals surface area contributed by atoms with E-state index in [1.54, 1.807) is 24.3 Å². The highest BCUT2D eigenvalue weighted by Crippen LogP contribution is 2.20. The molecule has 0 fully saturated rings. The van der Waals surface area contributed by atoms with Gasteiger partial charge in [-0.25, -0.2) is 0 Å². The van der Waals surface area contributed by atoms with Gasteiger partial charge in [-0.05, 0) is 64.3 Å². The van der Waals surface area contributed by atoms with Gasteiger partial charge in [0, 0.05) is 12.1 Å². The first-order valence-electron chi connectivity index (χ1n) is 7.75. The predicted octanol–water partition coefficient (Wildman–Crippen LogP) is 3.02. The topological polar surface area (TPSA) is 54.7 Å². The van der Waals surface area contributed by atoms with E-state index in [9.17, 15) is 4.79 Å². The Hall–Kier alpha value is -2.27. The first kappa shape index (κ1) is 17.1. The Kier molecular flexibility index (Phi) is 5.82. The Morgan fingerprint density at radius 1 is 1.22 bits per heavy atom. The molecule has 124 valence electrons. The summed E-state index contributed by atoms with van der Waals surface area (Å²) in [6.45, 7) is 4.93. The molecule has 0 radical (unpaired) electrons. The van der Waals surface area contributed by atoms with Crippen molar-refractivity contribution in [3.8, 4) is 5.75 Å². The molecule has 0 saturated heterocycles. The molecular formula is C18H24N2O3. The van der Waals surface area contributed by atoms with E-state index in [2.05, 4.69) is 5.32 Å². The first-order chi connectivity index (χ1) is 11.0. The van der Waals surface area contributed by atoms with Gasteiger partial charge in [0.1, 0.15) is 17.3 Å². The number of carbonyl (C=O) groups is 1. The SMILES string of the molecule is CCOc1ccc(C(=O)NC[C@H](c2ccc(C)o2)N(C)C)cc1. The molecule has 1 atom stereocenters. The molecule has 0 spiro atoms. The van der Waals surface area contributed by atoms with E-state index in [0.29, 0.717) is 18.7 Å². The normalized spacial score (nSPS) is 12.2. The standard InChI is InChI=1S/C18H24N2O3/c1-5-22-15-9-7-14(8-10-15)18(21)19-12-16(20(3)4)17-11-6-13(2)23-17/h6-11,16H,5,12H2,1-4H3,(H,19,21)/t16-/m1/s1. The number of furan rings is 1. The Morgan fingerprint density at radius 3 is 2.43 bits per heavy atom. The molecule has 23 heavy (non-hydrogen) atoms. The van der Waals surface area contributed by atoms with Crippen LogP contribution in [-0.2, 0) is 0 Å². The quantitative estimate of drug-likeness (QED) is 0.853. The van der Waals surface area contributed by atoms with Gasteiger partial charge in [0.15, 0.2) is 0 Å². The maximum Gasteiger partial charge on any atom is 0.251 e. The Bertz CT molecular complexity index is 632. The van der Waals surface area contributed by atoms with Gasteiger partial charge in [-0.1, -0.05) is 0 Å². The highest BCUT2D eigenvalue weighted by atomic mass is 16.5. The van der Waals surface area contributed by atoms with Crippen molar-refractivity contribution in [1.29, 1.82) is 0 Å². The number of hydrogen-bond donors (Lipinski definition) is 1. The predicted molar refractivity (Wildman–Crippen MR) is 89.8 cm³/mol. The number of carbonyl (C=O) groups excluding carboxylic acids is 1. The van der Waals surface area contributed by atoms with Crippen LogP contribution in [0.25, 0.3) is 0 Å². The Balaban J connectivity index is 1.98. The minimum Gasteiger partial charge on any atom is -0.494 e. The molecule has 5 nitrogen and oxygen atoms in total. The molecule has 1 aromatic carbocycles. The van der Waals surface area contributed by atoms with Crippen molar-refractivity contribution < 1.29 is 13.9 Å². The number of likely N-dealkylation sites (N-methyl/N-ethyl adjacent to an activating group) is 1. The fraction of sp³-hybridized carbons (Fsp3) is 0.389. The number of benzene rings is 1. The lowest BCUT2D eigenvalue weighted by atomic mass is 10.1. The molecular weight excluding hydrogens is 292 g/mol. The second kappa shape index (κ2) is 7.83. The first-order valence-corrected chi connectivity index (χ1v) is 7.75. The molecule has 0 unspecified atom stereocenters. The number of nitrogens with one attached hydrogen (secondary N) is 1. The van der Waals surface area contributed by atoms with E-state index in [-0.39, 0.29) is 11.9 Å². The summed E-state index contributed by atoms with van der Waals surface area (Å²) in [5, 5.41) is 2.96. The lowest BCUT2D eigenvalue weighted by Gasteiger charge is -2.22. The summed E-state index contributed by atoms with van der Waals surface area (Å²) in [6.07, 6.45) is 0. The number of ether oxygens (including phenoxy) is 1. The van der Waals surface area contributed by atoms with Gasteiger partial charge in [-0.3, -0.25) is 9.69 Å². The van der Waals surface area contributed by atoms with Gasteiger partial charge >= 0.3 is 0 Å². The fourth-order valence-corrected chi connectivity index (χ4v) is 2.33. The maximum atomic E-state index is 12.3. The summed E-state index contributed by atoms with van der Waals surface area (Å²) in [5.74, 6) is 2.37. The third-order valence-electron chi connectivity index (χ3n) is 3.60. The van der Waals surface area contributed by atoms with Crippen molar-refractivity contribution in [2.45, 2.75) is 19.9 Å². The number of nitrogens with zero attached hydrogens (tertiary/aromatic N) is 1. The van der Waals surface area contributed by atoms with Gasteiger partial charge in [-0.2, -0.15) is 0 Å². The van der Waals surface area contributed by atoms with E-state index >= 15 is 0 Å². The van der Waals surface area contributed by atoms with E-state index in [1.165, 1.54) is 0 Å². The molecule has 1 heterocycles. The van der Waals surface area contributed by atoms with Gasteiger partial charge in [0.25, 0.3) is 5.91 Å².